The Balaban J connectivity index is 1.39. The third-order valence-corrected chi connectivity index (χ3v) is 2.99. The summed E-state index contributed by atoms with van der Waals surface area (Å²) < 4.78 is 21.9. The highest BCUT2D eigenvalue weighted by molar-refractivity contribution is 5.41. The van der Waals surface area contributed by atoms with E-state index in [0.717, 1.165) is 17.2 Å². The first-order chi connectivity index (χ1) is 11.3. The molecule has 5 heteroatoms. The smallest absolute Gasteiger partial charge is 0.119 e. The second kappa shape index (κ2) is 10.5. The average molecular weight is 317 g/mol. The van der Waals surface area contributed by atoms with Crippen molar-refractivity contribution in [1.29, 1.82) is 0 Å². The summed E-state index contributed by atoms with van der Waals surface area (Å²) in [7, 11) is 0. The minimum Gasteiger partial charge on any atom is -0.491 e. The van der Waals surface area contributed by atoms with Crippen LogP contribution in [0.1, 0.15) is 0 Å². The van der Waals surface area contributed by atoms with E-state index in [1.165, 1.54) is 0 Å². The maximum atomic E-state index is 5.60. The fourth-order valence-corrected chi connectivity index (χ4v) is 1.84. The molecule has 0 aliphatic rings. The van der Waals surface area contributed by atoms with Crippen LogP contribution in [-0.4, -0.2) is 39.6 Å². The van der Waals surface area contributed by atoms with Gasteiger partial charge in [-0.25, -0.2) is 0 Å². The Bertz CT molecular complexity index is 530. The van der Waals surface area contributed by atoms with Crippen LogP contribution in [-0.2, 0) is 9.47 Å². The maximum Gasteiger partial charge on any atom is 0.119 e. The van der Waals surface area contributed by atoms with E-state index in [0.29, 0.717) is 39.6 Å². The van der Waals surface area contributed by atoms with E-state index in [1.54, 1.807) is 0 Å². The van der Waals surface area contributed by atoms with Crippen molar-refractivity contribution in [2.24, 2.45) is 0 Å². The largest absolute Gasteiger partial charge is 0.491 e. The number of hydrogen-bond donors (Lipinski definition) is 1. The monoisotopic (exact) mass is 317 g/mol. The molecule has 0 aromatic heterocycles. The third-order valence-electron chi connectivity index (χ3n) is 2.99. The lowest BCUT2D eigenvalue weighted by Crippen LogP contribution is -2.13. The highest BCUT2D eigenvalue weighted by Crippen LogP contribution is 2.12. The van der Waals surface area contributed by atoms with Crippen LogP contribution in [0.5, 0.6) is 11.5 Å². The zero-order valence-corrected chi connectivity index (χ0v) is 13.1. The average Bonchev–Trinajstić information content (AvgIpc) is 2.59. The minimum atomic E-state index is 0.501. The topological polar surface area (TPSA) is 62.9 Å². The molecule has 0 aliphatic heterocycles. The first-order valence-corrected chi connectivity index (χ1v) is 7.66. The van der Waals surface area contributed by atoms with E-state index in [1.807, 2.05) is 54.6 Å². The number of nitrogens with two attached hydrogens (primary N) is 1. The lowest BCUT2D eigenvalue weighted by molar-refractivity contribution is 0.0273. The van der Waals surface area contributed by atoms with E-state index in [9.17, 15) is 0 Å². The number of nitrogen functional groups attached to an aromatic ring is 1. The Morgan fingerprint density at radius 1 is 0.565 bits per heavy atom. The quantitative estimate of drug-likeness (QED) is 0.510. The van der Waals surface area contributed by atoms with Crippen LogP contribution in [0.15, 0.2) is 54.6 Å². The molecule has 0 spiro atoms. The van der Waals surface area contributed by atoms with Gasteiger partial charge >= 0.3 is 0 Å². The fraction of sp³-hybridized carbons (Fsp3) is 0.333. The summed E-state index contributed by atoms with van der Waals surface area (Å²) in [6.07, 6.45) is 0. The van der Waals surface area contributed by atoms with Crippen LogP contribution in [0.2, 0.25) is 0 Å². The van der Waals surface area contributed by atoms with Crippen molar-refractivity contribution < 1.29 is 18.9 Å². The van der Waals surface area contributed by atoms with Crippen molar-refractivity contribution in [3.8, 4) is 11.5 Å². The van der Waals surface area contributed by atoms with Crippen molar-refractivity contribution in [3.05, 3.63) is 54.6 Å². The van der Waals surface area contributed by atoms with Crippen LogP contribution in [0.25, 0.3) is 0 Å². The van der Waals surface area contributed by atoms with Crippen LogP contribution >= 0.6 is 0 Å². The van der Waals surface area contributed by atoms with Crippen molar-refractivity contribution in [2.45, 2.75) is 0 Å². The second-order valence-corrected chi connectivity index (χ2v) is 4.80. The van der Waals surface area contributed by atoms with Gasteiger partial charge in [0.2, 0.25) is 0 Å². The van der Waals surface area contributed by atoms with Gasteiger partial charge in [-0.3, -0.25) is 0 Å². The van der Waals surface area contributed by atoms with Gasteiger partial charge in [-0.15, -0.1) is 0 Å². The Morgan fingerprint density at radius 2 is 1.04 bits per heavy atom. The summed E-state index contributed by atoms with van der Waals surface area (Å²) in [6.45, 7) is 3.18. The van der Waals surface area contributed by atoms with E-state index in [4.69, 9.17) is 24.7 Å². The standard InChI is InChI=1S/C18H23NO4/c19-16-6-8-18(9-7-16)23-15-13-21-11-10-20-12-14-22-17-4-2-1-3-5-17/h1-9H,10-15,19H2. The maximum absolute atomic E-state index is 5.60. The Hall–Kier alpha value is -2.24. The number of anilines is 1. The fourth-order valence-electron chi connectivity index (χ4n) is 1.84. The first kappa shape index (κ1) is 17.1. The number of para-hydroxylation sites is 1. The minimum absolute atomic E-state index is 0.501. The molecule has 2 aromatic carbocycles. The predicted molar refractivity (Wildman–Crippen MR) is 89.9 cm³/mol. The number of benzene rings is 2. The van der Waals surface area contributed by atoms with Crippen molar-refractivity contribution >= 4 is 5.69 Å². The molecule has 2 N–H and O–H groups in total. The molecule has 2 aromatic rings. The van der Waals surface area contributed by atoms with Crippen molar-refractivity contribution in [3.63, 3.8) is 0 Å². The van der Waals surface area contributed by atoms with Gasteiger partial charge in [0.1, 0.15) is 24.7 Å². The van der Waals surface area contributed by atoms with E-state index in [-0.39, 0.29) is 0 Å². The van der Waals surface area contributed by atoms with E-state index >= 15 is 0 Å². The van der Waals surface area contributed by atoms with E-state index in [2.05, 4.69) is 0 Å². The highest BCUT2D eigenvalue weighted by atomic mass is 16.6. The van der Waals surface area contributed by atoms with Gasteiger partial charge in [-0.2, -0.15) is 0 Å². The lowest BCUT2D eigenvalue weighted by Gasteiger charge is -2.08. The van der Waals surface area contributed by atoms with Gasteiger partial charge in [0.05, 0.1) is 26.4 Å². The predicted octanol–water partition coefficient (Wildman–Crippen LogP) is 2.76. The Kier molecular flexibility index (Phi) is 7.80. The lowest BCUT2D eigenvalue weighted by atomic mass is 10.3. The van der Waals surface area contributed by atoms with Gasteiger partial charge in [0.25, 0.3) is 0 Å². The molecule has 0 atom stereocenters. The van der Waals surface area contributed by atoms with Gasteiger partial charge in [0, 0.05) is 5.69 Å². The second-order valence-electron chi connectivity index (χ2n) is 4.80. The van der Waals surface area contributed by atoms with Gasteiger partial charge < -0.3 is 24.7 Å². The first-order valence-electron chi connectivity index (χ1n) is 7.66. The van der Waals surface area contributed by atoms with Crippen LogP contribution in [0.3, 0.4) is 0 Å². The SMILES string of the molecule is Nc1ccc(OCCOCCOCCOc2ccccc2)cc1. The normalized spacial score (nSPS) is 10.4. The van der Waals surface area contributed by atoms with Crippen LogP contribution in [0.4, 0.5) is 5.69 Å². The summed E-state index contributed by atoms with van der Waals surface area (Å²) >= 11 is 0. The molecule has 5 nitrogen and oxygen atoms in total. The van der Waals surface area contributed by atoms with Crippen molar-refractivity contribution in [2.75, 3.05) is 45.4 Å². The summed E-state index contributed by atoms with van der Waals surface area (Å²) in [5, 5.41) is 0. The molecular weight excluding hydrogens is 294 g/mol. The van der Waals surface area contributed by atoms with Gasteiger partial charge in [-0.1, -0.05) is 18.2 Å². The zero-order valence-electron chi connectivity index (χ0n) is 13.1. The third kappa shape index (κ3) is 7.54. The van der Waals surface area contributed by atoms with Crippen LogP contribution in [0, 0.1) is 0 Å². The Labute approximate surface area is 136 Å². The van der Waals surface area contributed by atoms with Crippen LogP contribution < -0.4 is 15.2 Å². The molecule has 23 heavy (non-hydrogen) atoms. The molecule has 0 saturated carbocycles. The molecule has 0 aliphatic carbocycles. The molecular formula is C18H23NO4. The molecule has 124 valence electrons. The molecule has 0 unspecified atom stereocenters. The highest BCUT2D eigenvalue weighted by Gasteiger charge is 1.95. The summed E-state index contributed by atoms with van der Waals surface area (Å²) in [5.41, 5.74) is 6.33. The molecule has 2 rings (SSSR count). The Morgan fingerprint density at radius 3 is 1.61 bits per heavy atom. The zero-order chi connectivity index (χ0) is 16.2. The van der Waals surface area contributed by atoms with E-state index < -0.39 is 0 Å². The molecule has 0 saturated heterocycles. The number of rotatable bonds is 11. The molecule has 0 bridgehead atoms. The summed E-state index contributed by atoms with van der Waals surface area (Å²) in [6, 6.07) is 17.0. The van der Waals surface area contributed by atoms with Gasteiger partial charge in [-0.05, 0) is 36.4 Å². The molecule has 0 amide bonds. The molecule has 0 radical (unpaired) electrons. The van der Waals surface area contributed by atoms with Crippen molar-refractivity contribution in [1.82, 2.24) is 0 Å². The number of ether oxygens (including phenoxy) is 4. The number of hydrogen-bond acceptors (Lipinski definition) is 5. The van der Waals surface area contributed by atoms with Gasteiger partial charge in [0.15, 0.2) is 0 Å². The summed E-state index contributed by atoms with van der Waals surface area (Å²) in [5.74, 6) is 1.64. The molecule has 0 fully saturated rings. The summed E-state index contributed by atoms with van der Waals surface area (Å²) in [4.78, 5) is 0. The molecule has 0 heterocycles.